The average Bonchev–Trinajstić information content (AvgIpc) is 3.22. The number of hydrogen-bond acceptors (Lipinski definition) is 7. The van der Waals surface area contributed by atoms with E-state index in [1.807, 2.05) is 26.3 Å². The van der Waals surface area contributed by atoms with E-state index < -0.39 is 16.1 Å². The fraction of sp³-hybridized carbons (Fsp3) is 0.571. The lowest BCUT2D eigenvalue weighted by molar-refractivity contribution is 0.0221. The molecule has 1 heterocycles. The van der Waals surface area contributed by atoms with Crippen LogP contribution in [0.5, 0.6) is 0 Å². The number of sulfonamides is 1. The largest absolute Gasteiger partial charge is 0.395 e. The Labute approximate surface area is 184 Å². The van der Waals surface area contributed by atoms with Gasteiger partial charge in [-0.1, -0.05) is 24.6 Å². The van der Waals surface area contributed by atoms with Gasteiger partial charge in [-0.25, -0.2) is 13.4 Å². The SMILES string of the molecule is CO[C@@H](CN(C)Cc1nccs1)[C@@H](C)CN([C@H](C)CO)S(=O)(=O)c1ccc(C)cc1. The molecule has 0 spiro atoms. The van der Waals surface area contributed by atoms with Gasteiger partial charge in [0.25, 0.3) is 0 Å². The zero-order valence-electron chi connectivity index (χ0n) is 18.4. The lowest BCUT2D eigenvalue weighted by atomic mass is 10.0. The number of aliphatic hydroxyl groups excluding tert-OH is 1. The van der Waals surface area contributed by atoms with E-state index in [-0.39, 0.29) is 30.1 Å². The van der Waals surface area contributed by atoms with E-state index in [2.05, 4.69) is 9.88 Å². The van der Waals surface area contributed by atoms with Gasteiger partial charge in [0.1, 0.15) is 5.01 Å². The zero-order valence-corrected chi connectivity index (χ0v) is 20.0. The molecule has 1 N–H and O–H groups in total. The first-order chi connectivity index (χ1) is 14.2. The van der Waals surface area contributed by atoms with Crippen LogP contribution in [-0.2, 0) is 21.3 Å². The van der Waals surface area contributed by atoms with Crippen molar-refractivity contribution in [3.05, 3.63) is 46.4 Å². The van der Waals surface area contributed by atoms with Gasteiger partial charge >= 0.3 is 0 Å². The van der Waals surface area contributed by atoms with Crippen molar-refractivity contribution in [2.75, 3.05) is 33.9 Å². The van der Waals surface area contributed by atoms with E-state index in [0.29, 0.717) is 13.1 Å². The quantitative estimate of drug-likeness (QED) is 0.530. The predicted octanol–water partition coefficient (Wildman–Crippen LogP) is 2.61. The Morgan fingerprint density at radius 2 is 1.87 bits per heavy atom. The minimum atomic E-state index is -3.74. The van der Waals surface area contributed by atoms with Gasteiger partial charge in [0.2, 0.25) is 10.0 Å². The van der Waals surface area contributed by atoms with Crippen molar-refractivity contribution in [3.63, 3.8) is 0 Å². The molecule has 0 bridgehead atoms. The van der Waals surface area contributed by atoms with E-state index in [1.165, 1.54) is 4.31 Å². The molecule has 0 unspecified atom stereocenters. The highest BCUT2D eigenvalue weighted by atomic mass is 32.2. The summed E-state index contributed by atoms with van der Waals surface area (Å²) in [6, 6.07) is 6.25. The van der Waals surface area contributed by atoms with Crippen LogP contribution in [0.1, 0.15) is 24.4 Å². The van der Waals surface area contributed by atoms with Crippen LogP contribution in [0.15, 0.2) is 40.7 Å². The number of rotatable bonds is 12. The Morgan fingerprint density at radius 1 is 1.20 bits per heavy atom. The van der Waals surface area contributed by atoms with Gasteiger partial charge in [-0.3, -0.25) is 4.90 Å². The molecule has 0 saturated carbocycles. The number of aromatic nitrogens is 1. The Balaban J connectivity index is 2.14. The van der Waals surface area contributed by atoms with Crippen LogP contribution in [0.2, 0.25) is 0 Å². The Hall–Kier alpha value is -1.36. The Bertz CT molecular complexity index is 857. The Morgan fingerprint density at radius 3 is 2.40 bits per heavy atom. The second-order valence-electron chi connectivity index (χ2n) is 7.79. The number of hydrogen-bond donors (Lipinski definition) is 1. The Kier molecular flexibility index (Phi) is 9.39. The number of likely N-dealkylation sites (N-methyl/N-ethyl adjacent to an activating group) is 1. The summed E-state index contributed by atoms with van der Waals surface area (Å²) < 4.78 is 33.7. The fourth-order valence-corrected chi connectivity index (χ4v) is 5.69. The van der Waals surface area contributed by atoms with Crippen molar-refractivity contribution >= 4 is 21.4 Å². The first-order valence-electron chi connectivity index (χ1n) is 9.98. The van der Waals surface area contributed by atoms with Gasteiger partial charge < -0.3 is 9.84 Å². The third-order valence-corrected chi connectivity index (χ3v) is 7.93. The molecule has 0 radical (unpaired) electrons. The van der Waals surface area contributed by atoms with Crippen molar-refractivity contribution in [2.24, 2.45) is 5.92 Å². The van der Waals surface area contributed by atoms with Gasteiger partial charge in [0, 0.05) is 37.8 Å². The molecular formula is C21H33N3O4S2. The number of aliphatic hydroxyl groups is 1. The summed E-state index contributed by atoms with van der Waals surface area (Å²) in [5.41, 5.74) is 0.992. The van der Waals surface area contributed by atoms with Crippen molar-refractivity contribution in [1.82, 2.24) is 14.2 Å². The molecule has 0 aliphatic carbocycles. The smallest absolute Gasteiger partial charge is 0.243 e. The number of aryl methyl sites for hydroxylation is 1. The van der Waals surface area contributed by atoms with Gasteiger partial charge in [0.05, 0.1) is 24.2 Å². The van der Waals surface area contributed by atoms with E-state index in [4.69, 9.17) is 4.74 Å². The normalized spacial score (nSPS) is 15.5. The van der Waals surface area contributed by atoms with E-state index in [0.717, 1.165) is 10.6 Å². The molecule has 0 saturated heterocycles. The van der Waals surface area contributed by atoms with Crippen molar-refractivity contribution in [1.29, 1.82) is 0 Å². The molecule has 0 aliphatic rings. The van der Waals surface area contributed by atoms with Crippen LogP contribution in [0.3, 0.4) is 0 Å². The molecule has 2 aromatic rings. The molecule has 9 heteroatoms. The topological polar surface area (TPSA) is 83.0 Å². The molecule has 2 rings (SSSR count). The second-order valence-corrected chi connectivity index (χ2v) is 10.7. The minimum Gasteiger partial charge on any atom is -0.395 e. The molecule has 3 atom stereocenters. The van der Waals surface area contributed by atoms with Crippen LogP contribution in [0, 0.1) is 12.8 Å². The molecule has 30 heavy (non-hydrogen) atoms. The predicted molar refractivity (Wildman–Crippen MR) is 120 cm³/mol. The summed E-state index contributed by atoms with van der Waals surface area (Å²) in [5.74, 6) is -0.0806. The minimum absolute atomic E-state index is 0.0806. The summed E-state index contributed by atoms with van der Waals surface area (Å²) >= 11 is 1.60. The monoisotopic (exact) mass is 455 g/mol. The van der Waals surface area contributed by atoms with E-state index in [1.54, 1.807) is 55.8 Å². The highest BCUT2D eigenvalue weighted by molar-refractivity contribution is 7.89. The molecule has 0 amide bonds. The summed E-state index contributed by atoms with van der Waals surface area (Å²) in [5, 5.41) is 12.7. The van der Waals surface area contributed by atoms with Gasteiger partial charge in [-0.15, -0.1) is 11.3 Å². The zero-order chi connectivity index (χ0) is 22.3. The molecule has 0 aliphatic heterocycles. The number of thiazole rings is 1. The molecule has 0 fully saturated rings. The van der Waals surface area contributed by atoms with Crippen molar-refractivity contribution < 1.29 is 18.3 Å². The summed E-state index contributed by atoms with van der Waals surface area (Å²) in [6.07, 6.45) is 1.62. The summed E-state index contributed by atoms with van der Waals surface area (Å²) in [7, 11) is -0.0968. The molecule has 168 valence electrons. The van der Waals surface area contributed by atoms with Gasteiger partial charge in [-0.05, 0) is 38.9 Å². The van der Waals surface area contributed by atoms with E-state index in [9.17, 15) is 13.5 Å². The van der Waals surface area contributed by atoms with Crippen LogP contribution in [0.4, 0.5) is 0 Å². The highest BCUT2D eigenvalue weighted by Gasteiger charge is 2.32. The lowest BCUT2D eigenvalue weighted by Crippen LogP contribution is -2.46. The van der Waals surface area contributed by atoms with E-state index >= 15 is 0 Å². The first-order valence-corrected chi connectivity index (χ1v) is 12.3. The highest BCUT2D eigenvalue weighted by Crippen LogP contribution is 2.22. The first kappa shape index (κ1) is 24.9. The maximum Gasteiger partial charge on any atom is 0.243 e. The third kappa shape index (κ3) is 6.57. The summed E-state index contributed by atoms with van der Waals surface area (Å²) in [6.45, 7) is 6.97. The van der Waals surface area contributed by atoms with Crippen LogP contribution in [-0.4, -0.2) is 73.7 Å². The van der Waals surface area contributed by atoms with Crippen LogP contribution in [0.25, 0.3) is 0 Å². The van der Waals surface area contributed by atoms with Gasteiger partial charge in [0.15, 0.2) is 0 Å². The molecule has 1 aromatic heterocycles. The average molecular weight is 456 g/mol. The lowest BCUT2D eigenvalue weighted by Gasteiger charge is -2.33. The third-order valence-electron chi connectivity index (χ3n) is 5.17. The van der Waals surface area contributed by atoms with Crippen LogP contribution < -0.4 is 0 Å². The number of benzene rings is 1. The van der Waals surface area contributed by atoms with Crippen LogP contribution >= 0.6 is 11.3 Å². The van der Waals surface area contributed by atoms with Crippen molar-refractivity contribution in [3.8, 4) is 0 Å². The number of ether oxygens (including phenoxy) is 1. The fourth-order valence-electron chi connectivity index (χ4n) is 3.27. The van der Waals surface area contributed by atoms with Gasteiger partial charge in [-0.2, -0.15) is 4.31 Å². The molecule has 7 nitrogen and oxygen atoms in total. The summed E-state index contributed by atoms with van der Waals surface area (Å²) in [4.78, 5) is 6.66. The van der Waals surface area contributed by atoms with Crippen molar-refractivity contribution in [2.45, 2.75) is 44.4 Å². The molecule has 1 aromatic carbocycles. The molecular weight excluding hydrogens is 422 g/mol. The number of nitrogens with zero attached hydrogens (tertiary/aromatic N) is 3. The second kappa shape index (κ2) is 11.3. The number of methoxy groups -OCH3 is 1. The maximum atomic E-state index is 13.3. The maximum absolute atomic E-state index is 13.3. The standard InChI is InChI=1S/C21H33N3O4S2/c1-16-6-8-19(9-7-16)30(26,27)24(18(3)15-25)12-17(2)20(28-5)13-23(4)14-21-22-10-11-29-21/h6-11,17-18,20,25H,12-15H2,1-5H3/t17-,18+,20-/m0/s1.